The molecule has 0 spiro atoms. The number of nitrogens with one attached hydrogen (secondary N) is 1. The third-order valence-electron chi connectivity index (χ3n) is 4.43. The number of methoxy groups -OCH3 is 3. The zero-order valence-electron chi connectivity index (χ0n) is 15.8. The van der Waals surface area contributed by atoms with Gasteiger partial charge in [0.25, 0.3) is 0 Å². The summed E-state index contributed by atoms with van der Waals surface area (Å²) < 4.78 is 18.2. The second-order valence-electron chi connectivity index (χ2n) is 5.98. The summed E-state index contributed by atoms with van der Waals surface area (Å²) in [6, 6.07) is 8.00. The molecule has 2 unspecified atom stereocenters. The molecule has 0 amide bonds. The first-order valence-electron chi connectivity index (χ1n) is 8.33. The van der Waals surface area contributed by atoms with Crippen molar-refractivity contribution in [1.29, 1.82) is 0 Å². The number of anilines is 1. The second kappa shape index (κ2) is 8.41. The number of hydrogen-bond donors (Lipinski definition) is 1. The number of nitrogens with zero attached hydrogens (tertiary/aromatic N) is 2. The van der Waals surface area contributed by atoms with Gasteiger partial charge in [-0.3, -0.25) is 0 Å². The summed E-state index contributed by atoms with van der Waals surface area (Å²) in [6.07, 6.45) is 0. The number of ether oxygens (including phenoxy) is 3. The Morgan fingerprint density at radius 1 is 0.963 bits per heavy atom. The van der Waals surface area contributed by atoms with Crippen LogP contribution in [0.25, 0.3) is 10.9 Å². The van der Waals surface area contributed by atoms with Crippen LogP contribution < -0.4 is 28.6 Å². The van der Waals surface area contributed by atoms with Gasteiger partial charge >= 0.3 is 176 Å². The molecule has 6 nitrogen and oxygen atoms in total. The topological polar surface area (TPSA) is 65.5 Å². The predicted molar refractivity (Wildman–Crippen MR) is 114 cm³/mol. The Morgan fingerprint density at radius 3 is 2.22 bits per heavy atom. The molecule has 0 radical (unpaired) electrons. The van der Waals surface area contributed by atoms with E-state index in [1.807, 2.05) is 12.1 Å². The molecule has 1 N–H and O–H groups in total. The van der Waals surface area contributed by atoms with Gasteiger partial charge in [0.2, 0.25) is 0 Å². The molecule has 1 aromatic heterocycles. The molecule has 142 valence electrons. The van der Waals surface area contributed by atoms with Crippen molar-refractivity contribution in [3.63, 3.8) is 0 Å². The number of rotatable bonds is 6. The Bertz CT molecular complexity index is 971. The maximum absolute atomic E-state index is 5.42. The Hall–Kier alpha value is -1.90. The van der Waals surface area contributed by atoms with E-state index < -0.39 is 0 Å². The van der Waals surface area contributed by atoms with Gasteiger partial charge in [0.15, 0.2) is 0 Å². The molecular weight excluding hydrogens is 468 g/mol. The standard InChI is InChI=1S/C19H23As2N3O3/c1-10-11(5-6-13-16(10)18(20)24-19(21)23-13)9-22-12-7-14(25-2)17(27-4)15(8-12)26-3/h5-8,22H,9,20-21H2,1-4H3. The van der Waals surface area contributed by atoms with Gasteiger partial charge < -0.3 is 0 Å². The van der Waals surface area contributed by atoms with Gasteiger partial charge in [-0.15, -0.1) is 0 Å². The van der Waals surface area contributed by atoms with Crippen molar-refractivity contribution in [3.05, 3.63) is 35.4 Å². The molecule has 1 heterocycles. The van der Waals surface area contributed by atoms with E-state index in [0.717, 1.165) is 25.7 Å². The fraction of sp³-hybridized carbons (Fsp3) is 0.263. The fourth-order valence-corrected chi connectivity index (χ4v) is 5.34. The molecule has 0 fully saturated rings. The summed E-state index contributed by atoms with van der Waals surface area (Å²) in [4.78, 5) is 9.14. The van der Waals surface area contributed by atoms with Gasteiger partial charge in [-0.05, 0) is 0 Å². The van der Waals surface area contributed by atoms with Crippen LogP contribution in [0.4, 0.5) is 5.69 Å². The van der Waals surface area contributed by atoms with Gasteiger partial charge in [0.05, 0.1) is 0 Å². The van der Waals surface area contributed by atoms with E-state index >= 15 is 0 Å². The molecule has 0 aliphatic heterocycles. The first-order valence-corrected chi connectivity index (χ1v) is 10.8. The molecule has 0 saturated carbocycles. The van der Waals surface area contributed by atoms with Crippen LogP contribution in [-0.4, -0.2) is 65.0 Å². The van der Waals surface area contributed by atoms with Crippen LogP contribution in [0.2, 0.25) is 0 Å². The van der Waals surface area contributed by atoms with Crippen molar-refractivity contribution in [3.8, 4) is 17.2 Å². The fourth-order valence-electron chi connectivity index (χ4n) is 3.06. The maximum atomic E-state index is 5.42. The van der Waals surface area contributed by atoms with E-state index in [9.17, 15) is 0 Å². The summed E-state index contributed by atoms with van der Waals surface area (Å²) >= 11 is 2.97. The number of aryl methyl sites for hydroxylation is 1. The molecule has 0 aliphatic carbocycles. The Labute approximate surface area is 176 Å². The molecule has 0 saturated heterocycles. The normalized spacial score (nSPS) is 10.7. The van der Waals surface area contributed by atoms with Gasteiger partial charge in [-0.25, -0.2) is 0 Å². The molecule has 2 aromatic carbocycles. The Kier molecular flexibility index (Phi) is 6.18. The number of benzene rings is 2. The summed E-state index contributed by atoms with van der Waals surface area (Å²) in [7, 11) is 4.82. The summed E-state index contributed by atoms with van der Waals surface area (Å²) in [5.74, 6) is 1.83. The summed E-state index contributed by atoms with van der Waals surface area (Å²) in [5, 5.41) is 4.60. The van der Waals surface area contributed by atoms with E-state index in [1.54, 1.807) is 21.3 Å². The number of fused-ring (bicyclic) bond motifs is 1. The molecule has 0 aliphatic rings. The molecular formula is C19H23As2N3O3. The van der Waals surface area contributed by atoms with Crippen molar-refractivity contribution >= 4 is 59.4 Å². The van der Waals surface area contributed by atoms with Crippen molar-refractivity contribution in [1.82, 2.24) is 9.97 Å². The quantitative estimate of drug-likeness (QED) is 0.494. The van der Waals surface area contributed by atoms with Crippen molar-refractivity contribution in [2.24, 2.45) is 0 Å². The molecule has 3 rings (SSSR count). The average Bonchev–Trinajstić information content (AvgIpc) is 2.65. The monoisotopic (exact) mass is 491 g/mol. The van der Waals surface area contributed by atoms with Crippen LogP contribution in [0.5, 0.6) is 17.2 Å². The van der Waals surface area contributed by atoms with Crippen LogP contribution >= 0.6 is 0 Å². The van der Waals surface area contributed by atoms with Gasteiger partial charge in [-0.1, -0.05) is 0 Å². The van der Waals surface area contributed by atoms with Crippen LogP contribution in [0.15, 0.2) is 24.3 Å². The molecule has 0 bridgehead atoms. The van der Waals surface area contributed by atoms with E-state index in [1.165, 1.54) is 44.8 Å². The molecule has 27 heavy (non-hydrogen) atoms. The first kappa shape index (κ1) is 19.8. The second-order valence-corrected chi connectivity index (χ2v) is 8.21. The van der Waals surface area contributed by atoms with Crippen molar-refractivity contribution < 1.29 is 14.2 Å². The van der Waals surface area contributed by atoms with E-state index in [-0.39, 0.29) is 0 Å². The van der Waals surface area contributed by atoms with Gasteiger partial charge in [0, 0.05) is 0 Å². The van der Waals surface area contributed by atoms with Crippen LogP contribution in [0.3, 0.4) is 0 Å². The zero-order chi connectivity index (χ0) is 19.6. The van der Waals surface area contributed by atoms with E-state index in [2.05, 4.69) is 34.3 Å². The van der Waals surface area contributed by atoms with E-state index in [4.69, 9.17) is 14.2 Å². The number of hydrogen-bond acceptors (Lipinski definition) is 6. The van der Waals surface area contributed by atoms with Gasteiger partial charge in [-0.2, -0.15) is 0 Å². The van der Waals surface area contributed by atoms with Crippen LogP contribution in [0.1, 0.15) is 11.1 Å². The van der Waals surface area contributed by atoms with E-state index in [0.29, 0.717) is 23.8 Å². The summed E-state index contributed by atoms with van der Waals surface area (Å²) in [5.41, 5.74) is 4.32. The molecule has 2 atom stereocenters. The van der Waals surface area contributed by atoms with Crippen molar-refractivity contribution in [2.75, 3.05) is 26.6 Å². The number of aromatic nitrogens is 2. The third-order valence-corrected chi connectivity index (χ3v) is 5.85. The zero-order valence-corrected chi connectivity index (χ0v) is 20.6. The minimum atomic E-state index is 0.583. The van der Waals surface area contributed by atoms with Crippen LogP contribution in [0, 0.1) is 6.92 Å². The van der Waals surface area contributed by atoms with Crippen LogP contribution in [-0.2, 0) is 6.54 Å². The molecule has 3 aromatic rings. The average molecular weight is 491 g/mol. The predicted octanol–water partition coefficient (Wildman–Crippen LogP) is 0.0929. The van der Waals surface area contributed by atoms with Crippen molar-refractivity contribution in [2.45, 2.75) is 13.5 Å². The Balaban J connectivity index is 1.92. The van der Waals surface area contributed by atoms with Gasteiger partial charge in [0.1, 0.15) is 0 Å². The third kappa shape index (κ3) is 4.02. The SMILES string of the molecule is COc1cc(NCc2ccc3nc([AsH2])nc([AsH2])c3c2C)cc(OC)c1OC. The Morgan fingerprint density at radius 2 is 1.63 bits per heavy atom. The molecule has 8 heteroatoms. The summed E-state index contributed by atoms with van der Waals surface area (Å²) in [6.45, 7) is 2.80. The minimum absolute atomic E-state index is 0.583. The first-order chi connectivity index (χ1) is 13.0.